The van der Waals surface area contributed by atoms with Gasteiger partial charge in [-0.3, -0.25) is 9.59 Å². The number of carbonyl (C=O) groups is 2. The highest BCUT2D eigenvalue weighted by molar-refractivity contribution is 7.98. The van der Waals surface area contributed by atoms with E-state index in [1.807, 2.05) is 37.4 Å². The molecule has 2 rings (SSSR count). The summed E-state index contributed by atoms with van der Waals surface area (Å²) in [6.45, 7) is 3.52. The third-order valence-corrected chi connectivity index (χ3v) is 4.34. The third kappa shape index (κ3) is 4.61. The fourth-order valence-electron chi connectivity index (χ4n) is 2.16. The lowest BCUT2D eigenvalue weighted by atomic mass is 10.1. The van der Waals surface area contributed by atoms with Crippen LogP contribution in [0.15, 0.2) is 53.4 Å². The van der Waals surface area contributed by atoms with Crippen LogP contribution < -0.4 is 10.1 Å². The third-order valence-electron chi connectivity index (χ3n) is 3.54. The second-order valence-corrected chi connectivity index (χ2v) is 6.10. The van der Waals surface area contributed by atoms with E-state index in [4.69, 9.17) is 4.74 Å². The average Bonchev–Trinajstić information content (AvgIpc) is 2.62. The van der Waals surface area contributed by atoms with Gasteiger partial charge >= 0.3 is 0 Å². The number of ketones is 1. The van der Waals surface area contributed by atoms with Gasteiger partial charge in [-0.05, 0) is 49.6 Å². The first-order valence-corrected chi connectivity index (χ1v) is 9.01. The maximum atomic E-state index is 12.3. The second-order valence-electron chi connectivity index (χ2n) is 5.25. The van der Waals surface area contributed by atoms with E-state index < -0.39 is 6.10 Å². The van der Waals surface area contributed by atoms with Crippen molar-refractivity contribution in [2.45, 2.75) is 31.3 Å². The molecule has 0 fully saturated rings. The summed E-state index contributed by atoms with van der Waals surface area (Å²) < 4.78 is 5.66. The molecule has 0 aliphatic carbocycles. The van der Waals surface area contributed by atoms with Gasteiger partial charge in [-0.1, -0.05) is 19.1 Å². The predicted molar refractivity (Wildman–Crippen MR) is 98.0 cm³/mol. The number of ether oxygens (including phenoxy) is 1. The quantitative estimate of drug-likeness (QED) is 0.598. The molecule has 126 valence electrons. The lowest BCUT2D eigenvalue weighted by Gasteiger charge is -2.16. The van der Waals surface area contributed by atoms with Crippen molar-refractivity contribution in [3.8, 4) is 5.75 Å². The van der Waals surface area contributed by atoms with Crippen molar-refractivity contribution >= 4 is 29.1 Å². The lowest BCUT2D eigenvalue weighted by molar-refractivity contribution is -0.122. The molecule has 0 spiro atoms. The van der Waals surface area contributed by atoms with Gasteiger partial charge in [0.1, 0.15) is 5.75 Å². The Morgan fingerprint density at radius 1 is 1.12 bits per heavy atom. The smallest absolute Gasteiger partial charge is 0.265 e. The summed E-state index contributed by atoms with van der Waals surface area (Å²) >= 11 is 1.57. The van der Waals surface area contributed by atoms with Crippen LogP contribution in [0.4, 0.5) is 5.69 Å². The molecule has 0 radical (unpaired) electrons. The monoisotopic (exact) mass is 343 g/mol. The maximum Gasteiger partial charge on any atom is 0.265 e. The van der Waals surface area contributed by atoms with Crippen LogP contribution in [0.1, 0.15) is 30.6 Å². The number of nitrogens with one attached hydrogen (secondary N) is 1. The molecule has 1 N–H and O–H groups in total. The fourth-order valence-corrected chi connectivity index (χ4v) is 2.72. The normalized spacial score (nSPS) is 11.6. The highest BCUT2D eigenvalue weighted by Crippen LogP contribution is 2.25. The van der Waals surface area contributed by atoms with E-state index in [0.29, 0.717) is 17.7 Å². The fraction of sp³-hybridized carbons (Fsp3) is 0.263. The molecule has 2 aromatic rings. The van der Waals surface area contributed by atoms with Gasteiger partial charge in [0.2, 0.25) is 0 Å². The van der Waals surface area contributed by atoms with Crippen LogP contribution in [0.5, 0.6) is 5.75 Å². The van der Waals surface area contributed by atoms with Crippen molar-refractivity contribution in [2.24, 2.45) is 0 Å². The Bertz CT molecular complexity index is 713. The van der Waals surface area contributed by atoms with Crippen LogP contribution >= 0.6 is 11.8 Å². The highest BCUT2D eigenvalue weighted by atomic mass is 32.2. The van der Waals surface area contributed by atoms with Gasteiger partial charge in [-0.15, -0.1) is 11.8 Å². The molecule has 5 heteroatoms. The summed E-state index contributed by atoms with van der Waals surface area (Å²) in [5.41, 5.74) is 1.42. The number of hydrogen-bond acceptors (Lipinski definition) is 4. The van der Waals surface area contributed by atoms with Gasteiger partial charge in [0, 0.05) is 16.9 Å². The van der Waals surface area contributed by atoms with Crippen molar-refractivity contribution in [2.75, 3.05) is 11.6 Å². The summed E-state index contributed by atoms with van der Waals surface area (Å²) in [4.78, 5) is 24.9. The molecule has 1 unspecified atom stereocenters. The SMILES string of the molecule is CCC(=O)c1ccc(OC(C)C(=O)Nc2ccccc2SC)cc1. The summed E-state index contributed by atoms with van der Waals surface area (Å²) in [6.07, 6.45) is 1.78. The number of thioether (sulfide) groups is 1. The predicted octanol–water partition coefficient (Wildman–Crippen LogP) is 4.41. The maximum absolute atomic E-state index is 12.3. The van der Waals surface area contributed by atoms with Crippen molar-refractivity contribution < 1.29 is 14.3 Å². The van der Waals surface area contributed by atoms with Crippen LogP contribution in [0.25, 0.3) is 0 Å². The largest absolute Gasteiger partial charge is 0.481 e. The van der Waals surface area contributed by atoms with E-state index in [9.17, 15) is 9.59 Å². The number of hydrogen-bond donors (Lipinski definition) is 1. The Hall–Kier alpha value is -2.27. The first kappa shape index (κ1) is 18.1. The van der Waals surface area contributed by atoms with E-state index in [-0.39, 0.29) is 11.7 Å². The summed E-state index contributed by atoms with van der Waals surface area (Å²) in [7, 11) is 0. The Kier molecular flexibility index (Phi) is 6.44. The number of anilines is 1. The van der Waals surface area contributed by atoms with Gasteiger partial charge < -0.3 is 10.1 Å². The minimum absolute atomic E-state index is 0.0843. The first-order chi connectivity index (χ1) is 11.5. The molecule has 0 aliphatic heterocycles. The molecule has 24 heavy (non-hydrogen) atoms. The van der Waals surface area contributed by atoms with Gasteiger partial charge in [-0.25, -0.2) is 0 Å². The summed E-state index contributed by atoms with van der Waals surface area (Å²) in [5, 5.41) is 2.88. The van der Waals surface area contributed by atoms with Gasteiger partial charge in [0.25, 0.3) is 5.91 Å². The number of carbonyl (C=O) groups excluding carboxylic acids is 2. The molecule has 1 atom stereocenters. The number of para-hydroxylation sites is 1. The van der Waals surface area contributed by atoms with Gasteiger partial charge in [-0.2, -0.15) is 0 Å². The number of amides is 1. The number of rotatable bonds is 7. The van der Waals surface area contributed by atoms with Crippen LogP contribution in [-0.2, 0) is 4.79 Å². The van der Waals surface area contributed by atoms with Crippen LogP contribution in [0, 0.1) is 0 Å². The topological polar surface area (TPSA) is 55.4 Å². The zero-order chi connectivity index (χ0) is 17.5. The molecule has 1 amide bonds. The lowest BCUT2D eigenvalue weighted by Crippen LogP contribution is -2.30. The van der Waals surface area contributed by atoms with Crippen molar-refractivity contribution in [1.29, 1.82) is 0 Å². The minimum Gasteiger partial charge on any atom is -0.481 e. The zero-order valence-electron chi connectivity index (χ0n) is 14.0. The molecule has 0 bridgehead atoms. The van der Waals surface area contributed by atoms with E-state index >= 15 is 0 Å². The van der Waals surface area contributed by atoms with E-state index in [1.165, 1.54) is 0 Å². The van der Waals surface area contributed by atoms with Crippen molar-refractivity contribution in [1.82, 2.24) is 0 Å². The highest BCUT2D eigenvalue weighted by Gasteiger charge is 2.16. The van der Waals surface area contributed by atoms with Crippen LogP contribution in [0.3, 0.4) is 0 Å². The van der Waals surface area contributed by atoms with E-state index in [0.717, 1.165) is 10.6 Å². The van der Waals surface area contributed by atoms with Gasteiger partial charge in [0.15, 0.2) is 11.9 Å². The summed E-state index contributed by atoms with van der Waals surface area (Å²) in [6, 6.07) is 14.5. The Labute approximate surface area is 146 Å². The van der Waals surface area contributed by atoms with E-state index in [2.05, 4.69) is 5.32 Å². The first-order valence-electron chi connectivity index (χ1n) is 7.79. The van der Waals surface area contributed by atoms with E-state index in [1.54, 1.807) is 43.0 Å². The molecule has 0 heterocycles. The second kappa shape index (κ2) is 8.55. The summed E-state index contributed by atoms with van der Waals surface area (Å²) in [5.74, 6) is 0.426. The number of benzene rings is 2. The van der Waals surface area contributed by atoms with Crippen LogP contribution in [0.2, 0.25) is 0 Å². The molecule has 0 aliphatic rings. The molecular formula is C19H21NO3S. The molecular weight excluding hydrogens is 322 g/mol. The molecule has 0 saturated heterocycles. The minimum atomic E-state index is -0.646. The molecule has 0 aromatic heterocycles. The van der Waals surface area contributed by atoms with Crippen molar-refractivity contribution in [3.63, 3.8) is 0 Å². The Morgan fingerprint density at radius 2 is 1.79 bits per heavy atom. The molecule has 0 saturated carbocycles. The van der Waals surface area contributed by atoms with Gasteiger partial charge in [0.05, 0.1) is 5.69 Å². The van der Waals surface area contributed by atoms with Crippen LogP contribution in [-0.4, -0.2) is 24.1 Å². The Balaban J connectivity index is 2.00. The standard InChI is InChI=1S/C19H21NO3S/c1-4-17(21)14-9-11-15(12-10-14)23-13(2)19(22)20-16-7-5-6-8-18(16)24-3/h5-13H,4H2,1-3H3,(H,20,22). The Morgan fingerprint density at radius 3 is 2.42 bits per heavy atom. The molecule has 4 nitrogen and oxygen atoms in total. The number of Topliss-reactive ketones (excluding diaryl/α,β-unsaturated/α-hetero) is 1. The van der Waals surface area contributed by atoms with Crippen molar-refractivity contribution in [3.05, 3.63) is 54.1 Å². The molecule has 2 aromatic carbocycles. The zero-order valence-corrected chi connectivity index (χ0v) is 14.9. The average molecular weight is 343 g/mol.